The first-order valence-corrected chi connectivity index (χ1v) is 6.72. The number of aryl methyl sites for hydroxylation is 1. The van der Waals surface area contributed by atoms with Crippen LogP contribution in [0.4, 0.5) is 5.69 Å². The van der Waals surface area contributed by atoms with Gasteiger partial charge in [-0.3, -0.25) is 0 Å². The second-order valence-electron chi connectivity index (χ2n) is 4.67. The van der Waals surface area contributed by atoms with E-state index in [2.05, 4.69) is 11.0 Å². The Morgan fingerprint density at radius 1 is 1.26 bits per heavy atom. The molecule has 0 saturated heterocycles. The summed E-state index contributed by atoms with van der Waals surface area (Å²) in [4.78, 5) is 2.15. The standard InChI is InChI=1S/C15H19ClN2O/c1-11-13(6-8-19-11)10-18(2)14-4-3-12(5-7-17)15(16)9-14/h3-4,6,8-9H,5,7,10,17H2,1-2H3. The van der Waals surface area contributed by atoms with Crippen LogP contribution in [0.3, 0.4) is 0 Å². The van der Waals surface area contributed by atoms with Crippen LogP contribution in [0.5, 0.6) is 0 Å². The van der Waals surface area contributed by atoms with E-state index in [1.807, 2.05) is 32.2 Å². The molecule has 1 aromatic heterocycles. The first-order chi connectivity index (χ1) is 9.11. The van der Waals surface area contributed by atoms with E-state index in [-0.39, 0.29) is 0 Å². The summed E-state index contributed by atoms with van der Waals surface area (Å²) in [5, 5.41) is 0.777. The largest absolute Gasteiger partial charge is 0.469 e. The van der Waals surface area contributed by atoms with Crippen LogP contribution in [0.1, 0.15) is 16.9 Å². The Morgan fingerprint density at radius 2 is 2.05 bits per heavy atom. The fourth-order valence-corrected chi connectivity index (χ4v) is 2.32. The second-order valence-corrected chi connectivity index (χ2v) is 5.08. The van der Waals surface area contributed by atoms with Crippen molar-refractivity contribution < 1.29 is 4.42 Å². The number of hydrogen-bond acceptors (Lipinski definition) is 3. The molecule has 4 heteroatoms. The quantitative estimate of drug-likeness (QED) is 0.912. The number of rotatable bonds is 5. The molecule has 0 radical (unpaired) electrons. The Kier molecular flexibility index (Phi) is 4.51. The topological polar surface area (TPSA) is 42.4 Å². The molecule has 0 spiro atoms. The van der Waals surface area contributed by atoms with Crippen molar-refractivity contribution in [3.05, 3.63) is 52.4 Å². The lowest BCUT2D eigenvalue weighted by Gasteiger charge is -2.20. The molecular formula is C15H19ClN2O. The van der Waals surface area contributed by atoms with Gasteiger partial charge in [0.25, 0.3) is 0 Å². The Balaban J connectivity index is 2.13. The molecule has 0 aliphatic rings. The third kappa shape index (κ3) is 3.31. The molecule has 0 unspecified atom stereocenters. The highest BCUT2D eigenvalue weighted by atomic mass is 35.5. The van der Waals surface area contributed by atoms with Crippen LogP contribution in [0.15, 0.2) is 34.9 Å². The predicted molar refractivity (Wildman–Crippen MR) is 79.8 cm³/mol. The summed E-state index contributed by atoms with van der Waals surface area (Å²) in [6, 6.07) is 8.10. The molecule has 0 saturated carbocycles. The lowest BCUT2D eigenvalue weighted by Crippen LogP contribution is -2.16. The van der Waals surface area contributed by atoms with Crippen LogP contribution in [0.2, 0.25) is 5.02 Å². The normalized spacial score (nSPS) is 10.7. The maximum atomic E-state index is 6.26. The second kappa shape index (κ2) is 6.13. The molecule has 1 aromatic carbocycles. The zero-order chi connectivity index (χ0) is 13.8. The van der Waals surface area contributed by atoms with Crippen molar-refractivity contribution in [2.24, 2.45) is 5.73 Å². The maximum Gasteiger partial charge on any atom is 0.105 e. The Bertz CT molecular complexity index is 551. The van der Waals surface area contributed by atoms with Gasteiger partial charge >= 0.3 is 0 Å². The summed E-state index contributed by atoms with van der Waals surface area (Å²) < 4.78 is 5.31. The van der Waals surface area contributed by atoms with Crippen molar-refractivity contribution in [3.63, 3.8) is 0 Å². The molecule has 2 aromatic rings. The monoisotopic (exact) mass is 278 g/mol. The first-order valence-electron chi connectivity index (χ1n) is 6.34. The van der Waals surface area contributed by atoms with Crippen LogP contribution in [0, 0.1) is 6.92 Å². The minimum absolute atomic E-state index is 0.614. The number of furan rings is 1. The summed E-state index contributed by atoms with van der Waals surface area (Å²) >= 11 is 6.26. The fourth-order valence-electron chi connectivity index (χ4n) is 2.05. The fraction of sp³-hybridized carbons (Fsp3) is 0.333. The van der Waals surface area contributed by atoms with Gasteiger partial charge < -0.3 is 15.1 Å². The summed E-state index contributed by atoms with van der Waals surface area (Å²) in [6.07, 6.45) is 2.53. The molecule has 2 N–H and O–H groups in total. The van der Waals surface area contributed by atoms with Crippen molar-refractivity contribution in [2.75, 3.05) is 18.5 Å². The molecule has 1 heterocycles. The number of nitrogens with two attached hydrogens (primary N) is 1. The highest BCUT2D eigenvalue weighted by molar-refractivity contribution is 6.31. The average molecular weight is 279 g/mol. The lowest BCUT2D eigenvalue weighted by atomic mass is 10.1. The van der Waals surface area contributed by atoms with Gasteiger partial charge in [0.15, 0.2) is 0 Å². The molecule has 2 rings (SSSR count). The highest BCUT2D eigenvalue weighted by Gasteiger charge is 2.08. The van der Waals surface area contributed by atoms with Crippen molar-refractivity contribution in [1.29, 1.82) is 0 Å². The minimum Gasteiger partial charge on any atom is -0.469 e. The summed E-state index contributed by atoms with van der Waals surface area (Å²) in [6.45, 7) is 3.39. The molecule has 19 heavy (non-hydrogen) atoms. The van der Waals surface area contributed by atoms with E-state index in [0.29, 0.717) is 6.54 Å². The molecule has 3 nitrogen and oxygen atoms in total. The van der Waals surface area contributed by atoms with Crippen molar-refractivity contribution in [1.82, 2.24) is 0 Å². The van der Waals surface area contributed by atoms with Gasteiger partial charge in [0, 0.05) is 29.9 Å². The number of hydrogen-bond donors (Lipinski definition) is 1. The van der Waals surface area contributed by atoms with E-state index in [1.165, 1.54) is 5.56 Å². The van der Waals surface area contributed by atoms with Crippen LogP contribution in [0.25, 0.3) is 0 Å². The molecule has 0 amide bonds. The molecule has 0 bridgehead atoms. The molecule has 0 fully saturated rings. The van der Waals surface area contributed by atoms with E-state index in [4.69, 9.17) is 21.8 Å². The Morgan fingerprint density at radius 3 is 2.63 bits per heavy atom. The van der Waals surface area contributed by atoms with Gasteiger partial charge in [-0.1, -0.05) is 17.7 Å². The predicted octanol–water partition coefficient (Wildman–Crippen LogP) is 3.38. The average Bonchev–Trinajstić information content (AvgIpc) is 2.78. The number of benzene rings is 1. The lowest BCUT2D eigenvalue weighted by molar-refractivity contribution is 0.529. The van der Waals surface area contributed by atoms with Gasteiger partial charge in [0.1, 0.15) is 5.76 Å². The van der Waals surface area contributed by atoms with Gasteiger partial charge in [0.2, 0.25) is 0 Å². The number of anilines is 1. The molecular weight excluding hydrogens is 260 g/mol. The zero-order valence-electron chi connectivity index (χ0n) is 11.3. The molecule has 0 aliphatic carbocycles. The zero-order valence-corrected chi connectivity index (χ0v) is 12.1. The first kappa shape index (κ1) is 14.0. The summed E-state index contributed by atoms with van der Waals surface area (Å²) in [5.74, 6) is 0.956. The van der Waals surface area contributed by atoms with Crippen molar-refractivity contribution in [3.8, 4) is 0 Å². The van der Waals surface area contributed by atoms with Gasteiger partial charge in [-0.05, 0) is 43.7 Å². The molecule has 0 aliphatic heterocycles. The Hall–Kier alpha value is -1.45. The van der Waals surface area contributed by atoms with Crippen LogP contribution < -0.4 is 10.6 Å². The van der Waals surface area contributed by atoms with Gasteiger partial charge in [-0.2, -0.15) is 0 Å². The van der Waals surface area contributed by atoms with Crippen molar-refractivity contribution in [2.45, 2.75) is 19.9 Å². The number of nitrogens with zero attached hydrogens (tertiary/aromatic N) is 1. The molecule has 102 valence electrons. The van der Waals surface area contributed by atoms with Crippen LogP contribution in [-0.2, 0) is 13.0 Å². The van der Waals surface area contributed by atoms with Crippen molar-refractivity contribution >= 4 is 17.3 Å². The maximum absolute atomic E-state index is 6.26. The minimum atomic E-state index is 0.614. The number of halogens is 1. The molecule has 0 atom stereocenters. The summed E-state index contributed by atoms with van der Waals surface area (Å²) in [5.41, 5.74) is 8.93. The van der Waals surface area contributed by atoms with Crippen LogP contribution >= 0.6 is 11.6 Å². The van der Waals surface area contributed by atoms with E-state index >= 15 is 0 Å². The summed E-state index contributed by atoms with van der Waals surface area (Å²) in [7, 11) is 2.04. The third-order valence-electron chi connectivity index (χ3n) is 3.26. The van der Waals surface area contributed by atoms with E-state index in [9.17, 15) is 0 Å². The SMILES string of the molecule is Cc1occc1CN(C)c1ccc(CCN)c(Cl)c1. The van der Waals surface area contributed by atoms with E-state index in [0.717, 1.165) is 35.0 Å². The smallest absolute Gasteiger partial charge is 0.105 e. The van der Waals surface area contributed by atoms with Gasteiger partial charge in [0.05, 0.1) is 6.26 Å². The highest BCUT2D eigenvalue weighted by Crippen LogP contribution is 2.25. The van der Waals surface area contributed by atoms with Gasteiger partial charge in [-0.25, -0.2) is 0 Å². The van der Waals surface area contributed by atoms with E-state index in [1.54, 1.807) is 6.26 Å². The van der Waals surface area contributed by atoms with Crippen LogP contribution in [-0.4, -0.2) is 13.6 Å². The van der Waals surface area contributed by atoms with E-state index < -0.39 is 0 Å². The van der Waals surface area contributed by atoms with Gasteiger partial charge in [-0.15, -0.1) is 0 Å². The Labute approximate surface area is 119 Å². The third-order valence-corrected chi connectivity index (χ3v) is 3.62.